The molecule has 0 saturated carbocycles. The second-order valence-electron chi connectivity index (χ2n) is 4.01. The lowest BCUT2D eigenvalue weighted by molar-refractivity contribution is 0.628. The first-order chi connectivity index (χ1) is 8.75. The van der Waals surface area contributed by atoms with Crippen molar-refractivity contribution in [3.63, 3.8) is 0 Å². The van der Waals surface area contributed by atoms with E-state index in [4.69, 9.17) is 11.6 Å². The summed E-state index contributed by atoms with van der Waals surface area (Å²) >= 11 is 5.81. The van der Waals surface area contributed by atoms with Gasteiger partial charge in [0.1, 0.15) is 5.82 Å². The molecule has 0 radical (unpaired) electrons. The second kappa shape index (κ2) is 4.39. The van der Waals surface area contributed by atoms with E-state index in [1.54, 1.807) is 18.3 Å². The predicted molar refractivity (Wildman–Crippen MR) is 72.1 cm³/mol. The van der Waals surface area contributed by atoms with Crippen molar-refractivity contribution in [1.82, 2.24) is 4.98 Å². The molecule has 0 aliphatic heterocycles. The number of nitrogens with zero attached hydrogens (tertiary/aromatic N) is 1. The minimum Gasteiger partial charge on any atom is -0.256 e. The van der Waals surface area contributed by atoms with E-state index in [1.165, 1.54) is 6.07 Å². The number of benzene rings is 2. The maximum Gasteiger partial charge on any atom is 0.141 e. The minimum absolute atomic E-state index is 0.113. The Kier molecular flexibility index (Phi) is 2.73. The van der Waals surface area contributed by atoms with Gasteiger partial charge in [0.05, 0.1) is 10.7 Å². The zero-order chi connectivity index (χ0) is 12.5. The Morgan fingerprint density at radius 2 is 1.83 bits per heavy atom. The van der Waals surface area contributed by atoms with Gasteiger partial charge < -0.3 is 0 Å². The van der Waals surface area contributed by atoms with Gasteiger partial charge in [-0.15, -0.1) is 0 Å². The summed E-state index contributed by atoms with van der Waals surface area (Å²) in [5, 5.41) is 2.24. The molecule has 0 saturated heterocycles. The standard InChI is InChI=1S/C15H9ClFN/c16-13-9-11(5-6-14(13)17)15-12-4-2-1-3-10(12)7-8-18-15/h1-9H. The molecular weight excluding hydrogens is 249 g/mol. The molecule has 0 amide bonds. The maximum absolute atomic E-state index is 13.2. The van der Waals surface area contributed by atoms with Crippen molar-refractivity contribution in [2.75, 3.05) is 0 Å². The summed E-state index contributed by atoms with van der Waals surface area (Å²) in [5.74, 6) is -0.416. The monoisotopic (exact) mass is 257 g/mol. The van der Waals surface area contributed by atoms with E-state index in [0.29, 0.717) is 0 Å². The molecule has 0 bridgehead atoms. The summed E-state index contributed by atoms with van der Waals surface area (Å²) in [6.45, 7) is 0. The van der Waals surface area contributed by atoms with Crippen molar-refractivity contribution in [1.29, 1.82) is 0 Å². The molecule has 1 aromatic heterocycles. The Bertz CT molecular complexity index is 719. The minimum atomic E-state index is -0.416. The smallest absolute Gasteiger partial charge is 0.141 e. The van der Waals surface area contributed by atoms with Gasteiger partial charge in [0.25, 0.3) is 0 Å². The second-order valence-corrected chi connectivity index (χ2v) is 4.42. The van der Waals surface area contributed by atoms with Crippen molar-refractivity contribution >= 4 is 22.4 Å². The van der Waals surface area contributed by atoms with Crippen molar-refractivity contribution < 1.29 is 4.39 Å². The maximum atomic E-state index is 13.2. The van der Waals surface area contributed by atoms with Crippen LogP contribution in [0.3, 0.4) is 0 Å². The highest BCUT2D eigenvalue weighted by Gasteiger charge is 2.07. The summed E-state index contributed by atoms with van der Waals surface area (Å²) in [5.41, 5.74) is 1.63. The molecule has 0 unspecified atom stereocenters. The van der Waals surface area contributed by atoms with Crippen LogP contribution in [0.1, 0.15) is 0 Å². The molecule has 3 aromatic rings. The van der Waals surface area contributed by atoms with Gasteiger partial charge in [-0.1, -0.05) is 35.9 Å². The number of hydrogen-bond acceptors (Lipinski definition) is 1. The van der Waals surface area contributed by atoms with Gasteiger partial charge in [-0.2, -0.15) is 0 Å². The topological polar surface area (TPSA) is 12.9 Å². The van der Waals surface area contributed by atoms with E-state index in [9.17, 15) is 4.39 Å². The lowest BCUT2D eigenvalue weighted by atomic mass is 10.0. The summed E-state index contributed by atoms with van der Waals surface area (Å²) in [4.78, 5) is 4.37. The van der Waals surface area contributed by atoms with E-state index in [0.717, 1.165) is 22.0 Å². The molecule has 3 rings (SSSR count). The third-order valence-electron chi connectivity index (χ3n) is 2.87. The van der Waals surface area contributed by atoms with Gasteiger partial charge in [-0.3, -0.25) is 4.98 Å². The third-order valence-corrected chi connectivity index (χ3v) is 3.16. The number of halogens is 2. The zero-order valence-corrected chi connectivity index (χ0v) is 10.2. The average Bonchev–Trinajstić information content (AvgIpc) is 2.41. The molecule has 1 nitrogen and oxygen atoms in total. The fourth-order valence-corrected chi connectivity index (χ4v) is 2.17. The van der Waals surface area contributed by atoms with Crippen LogP contribution in [0, 0.1) is 5.82 Å². The molecule has 88 valence electrons. The summed E-state index contributed by atoms with van der Waals surface area (Å²) < 4.78 is 13.2. The van der Waals surface area contributed by atoms with Crippen molar-refractivity contribution in [3.05, 3.63) is 65.6 Å². The quantitative estimate of drug-likeness (QED) is 0.616. The molecular formula is C15H9ClFN. The molecule has 2 aromatic carbocycles. The molecule has 0 atom stereocenters. The SMILES string of the molecule is Fc1ccc(-c2nccc3ccccc23)cc1Cl. The van der Waals surface area contributed by atoms with Crippen LogP contribution in [-0.4, -0.2) is 4.98 Å². The highest BCUT2D eigenvalue weighted by atomic mass is 35.5. The zero-order valence-electron chi connectivity index (χ0n) is 9.40. The predicted octanol–water partition coefficient (Wildman–Crippen LogP) is 4.69. The Hall–Kier alpha value is -1.93. The van der Waals surface area contributed by atoms with Crippen LogP contribution in [0.2, 0.25) is 5.02 Å². The largest absolute Gasteiger partial charge is 0.256 e. The van der Waals surface area contributed by atoms with Crippen molar-refractivity contribution in [2.24, 2.45) is 0 Å². The highest BCUT2D eigenvalue weighted by Crippen LogP contribution is 2.28. The Balaban J connectivity index is 2.28. The molecule has 18 heavy (non-hydrogen) atoms. The molecule has 0 aliphatic carbocycles. The Morgan fingerprint density at radius 3 is 2.67 bits per heavy atom. The van der Waals surface area contributed by atoms with E-state index >= 15 is 0 Å². The number of pyridine rings is 1. The van der Waals surface area contributed by atoms with Crippen LogP contribution in [0.5, 0.6) is 0 Å². The number of aromatic nitrogens is 1. The summed E-state index contributed by atoms with van der Waals surface area (Å²) in [6, 6.07) is 14.6. The lowest BCUT2D eigenvalue weighted by Crippen LogP contribution is -1.87. The van der Waals surface area contributed by atoms with Gasteiger partial charge in [-0.25, -0.2) is 4.39 Å². The molecule has 0 fully saturated rings. The van der Waals surface area contributed by atoms with Crippen molar-refractivity contribution in [2.45, 2.75) is 0 Å². The van der Waals surface area contributed by atoms with Gasteiger partial charge in [0.2, 0.25) is 0 Å². The number of rotatable bonds is 1. The van der Waals surface area contributed by atoms with Crippen LogP contribution < -0.4 is 0 Å². The van der Waals surface area contributed by atoms with Gasteiger partial charge in [0, 0.05) is 17.1 Å². The first-order valence-electron chi connectivity index (χ1n) is 5.55. The normalized spacial score (nSPS) is 10.8. The van der Waals surface area contributed by atoms with E-state index in [1.807, 2.05) is 30.3 Å². The fraction of sp³-hybridized carbons (Fsp3) is 0. The average molecular weight is 258 g/mol. The Morgan fingerprint density at radius 1 is 1.00 bits per heavy atom. The van der Waals surface area contributed by atoms with E-state index in [2.05, 4.69) is 4.98 Å². The van der Waals surface area contributed by atoms with Gasteiger partial charge >= 0.3 is 0 Å². The lowest BCUT2D eigenvalue weighted by Gasteiger charge is -2.06. The van der Waals surface area contributed by atoms with Gasteiger partial charge in [0.15, 0.2) is 0 Å². The van der Waals surface area contributed by atoms with Crippen LogP contribution in [0.25, 0.3) is 22.0 Å². The number of hydrogen-bond donors (Lipinski definition) is 0. The first kappa shape index (κ1) is 11.2. The highest BCUT2D eigenvalue weighted by molar-refractivity contribution is 6.31. The fourth-order valence-electron chi connectivity index (χ4n) is 1.99. The van der Waals surface area contributed by atoms with E-state index < -0.39 is 5.82 Å². The number of fused-ring (bicyclic) bond motifs is 1. The third kappa shape index (κ3) is 1.85. The van der Waals surface area contributed by atoms with Crippen molar-refractivity contribution in [3.8, 4) is 11.3 Å². The summed E-state index contributed by atoms with van der Waals surface area (Å²) in [7, 11) is 0. The van der Waals surface area contributed by atoms with Crippen LogP contribution in [-0.2, 0) is 0 Å². The summed E-state index contributed by atoms with van der Waals surface area (Å²) in [6.07, 6.45) is 1.74. The van der Waals surface area contributed by atoms with E-state index in [-0.39, 0.29) is 5.02 Å². The molecule has 3 heteroatoms. The molecule has 0 N–H and O–H groups in total. The first-order valence-corrected chi connectivity index (χ1v) is 5.93. The molecule has 1 heterocycles. The van der Waals surface area contributed by atoms with Gasteiger partial charge in [-0.05, 0) is 29.7 Å². The van der Waals surface area contributed by atoms with Crippen LogP contribution in [0.4, 0.5) is 4.39 Å². The molecule has 0 spiro atoms. The van der Waals surface area contributed by atoms with Crippen LogP contribution >= 0.6 is 11.6 Å². The molecule has 0 aliphatic rings. The van der Waals surface area contributed by atoms with Crippen LogP contribution in [0.15, 0.2) is 54.7 Å². The Labute approximate surface area is 109 Å².